The highest BCUT2D eigenvalue weighted by molar-refractivity contribution is 5.82. The Kier molecular flexibility index (Phi) is 6.08. The molecule has 0 saturated carbocycles. The lowest BCUT2D eigenvalue weighted by molar-refractivity contribution is -0.137. The Balaban J connectivity index is 1.45. The first kappa shape index (κ1) is 23.1. The van der Waals surface area contributed by atoms with E-state index in [2.05, 4.69) is 10.3 Å². The molecule has 0 spiro atoms. The molecule has 2 aliphatic heterocycles. The minimum absolute atomic E-state index is 0.171. The quantitative estimate of drug-likeness (QED) is 0.557. The van der Waals surface area contributed by atoms with Gasteiger partial charge in [0.1, 0.15) is 5.82 Å². The number of amides is 1. The number of fused-ring (bicyclic) bond motifs is 3. The van der Waals surface area contributed by atoms with E-state index < -0.39 is 17.7 Å². The standard InChI is InChI=1S/C26H24F4N4O/c27-21-5-1-2-6-23(21)33-10-11-34-22-8-7-19(26(28,29)30)12-18(22)13-20(24(34)16-33)25(35)32-15-17-4-3-9-31-14-17/h1-9,12,14,20,24H,10-11,13,15-16H2,(H,32,35)/t20-,24+/m0/s1. The lowest BCUT2D eigenvalue weighted by atomic mass is 9.82. The fourth-order valence-electron chi connectivity index (χ4n) is 5.05. The first-order valence-electron chi connectivity index (χ1n) is 11.4. The lowest BCUT2D eigenvalue weighted by Gasteiger charge is -2.49. The number of carbonyl (C=O) groups is 1. The number of rotatable bonds is 4. The molecule has 182 valence electrons. The van der Waals surface area contributed by atoms with Crippen LogP contribution in [0.4, 0.5) is 28.9 Å². The number of pyridine rings is 1. The van der Waals surface area contributed by atoms with Crippen molar-refractivity contribution in [2.24, 2.45) is 5.92 Å². The van der Waals surface area contributed by atoms with Gasteiger partial charge in [-0.05, 0) is 53.9 Å². The number of alkyl halides is 3. The van der Waals surface area contributed by atoms with Gasteiger partial charge < -0.3 is 15.1 Å². The van der Waals surface area contributed by atoms with Crippen molar-refractivity contribution in [2.45, 2.75) is 25.2 Å². The van der Waals surface area contributed by atoms with E-state index in [1.807, 2.05) is 15.9 Å². The van der Waals surface area contributed by atoms with Gasteiger partial charge in [-0.15, -0.1) is 0 Å². The largest absolute Gasteiger partial charge is 0.416 e. The van der Waals surface area contributed by atoms with Crippen molar-refractivity contribution in [1.29, 1.82) is 0 Å². The third kappa shape index (κ3) is 4.67. The van der Waals surface area contributed by atoms with Crippen molar-refractivity contribution in [3.8, 4) is 0 Å². The molecule has 5 rings (SSSR count). The second kappa shape index (κ2) is 9.20. The zero-order valence-electron chi connectivity index (χ0n) is 18.8. The average Bonchev–Trinajstić information content (AvgIpc) is 2.86. The number of halogens is 4. The second-order valence-electron chi connectivity index (χ2n) is 8.89. The molecular formula is C26H24F4N4O. The summed E-state index contributed by atoms with van der Waals surface area (Å²) in [7, 11) is 0. The summed E-state index contributed by atoms with van der Waals surface area (Å²) < 4.78 is 54.7. The predicted octanol–water partition coefficient (Wildman–Crippen LogP) is 4.42. The number of piperazine rings is 1. The van der Waals surface area contributed by atoms with E-state index in [0.29, 0.717) is 36.6 Å². The van der Waals surface area contributed by atoms with Crippen LogP contribution in [0.2, 0.25) is 0 Å². The van der Waals surface area contributed by atoms with Crippen molar-refractivity contribution in [1.82, 2.24) is 10.3 Å². The van der Waals surface area contributed by atoms with Crippen LogP contribution in [0.1, 0.15) is 16.7 Å². The van der Waals surface area contributed by atoms with E-state index in [-0.39, 0.29) is 30.7 Å². The number of hydrogen-bond acceptors (Lipinski definition) is 4. The number of benzene rings is 2. The van der Waals surface area contributed by atoms with Gasteiger partial charge in [0, 0.05) is 44.3 Å². The van der Waals surface area contributed by atoms with Gasteiger partial charge in [-0.25, -0.2) is 4.39 Å². The van der Waals surface area contributed by atoms with Crippen molar-refractivity contribution >= 4 is 17.3 Å². The number of carbonyl (C=O) groups excluding carboxylic acids is 1. The summed E-state index contributed by atoms with van der Waals surface area (Å²) in [5.74, 6) is -1.19. The van der Waals surface area contributed by atoms with Gasteiger partial charge in [0.25, 0.3) is 0 Å². The molecule has 1 saturated heterocycles. The number of nitrogens with one attached hydrogen (secondary N) is 1. The third-order valence-corrected chi connectivity index (χ3v) is 6.76. The van der Waals surface area contributed by atoms with Gasteiger partial charge in [-0.1, -0.05) is 18.2 Å². The minimum Gasteiger partial charge on any atom is -0.365 e. The van der Waals surface area contributed by atoms with E-state index in [1.165, 1.54) is 12.1 Å². The molecule has 1 amide bonds. The fraction of sp³-hybridized carbons (Fsp3) is 0.308. The van der Waals surface area contributed by atoms with Crippen LogP contribution in [0.25, 0.3) is 0 Å². The smallest absolute Gasteiger partial charge is 0.365 e. The number of hydrogen-bond donors (Lipinski definition) is 1. The van der Waals surface area contributed by atoms with E-state index in [9.17, 15) is 22.4 Å². The first-order valence-corrected chi connectivity index (χ1v) is 11.4. The number of para-hydroxylation sites is 1. The molecule has 0 aliphatic carbocycles. The maximum atomic E-state index is 14.5. The summed E-state index contributed by atoms with van der Waals surface area (Å²) in [5.41, 5.74) is 1.75. The minimum atomic E-state index is -4.46. The van der Waals surface area contributed by atoms with Gasteiger partial charge in [0.2, 0.25) is 5.91 Å². The Morgan fingerprint density at radius 3 is 2.63 bits per heavy atom. The predicted molar refractivity (Wildman–Crippen MR) is 124 cm³/mol. The Bertz CT molecular complexity index is 1220. The molecule has 9 heteroatoms. The second-order valence-corrected chi connectivity index (χ2v) is 8.89. The van der Waals surface area contributed by atoms with Crippen LogP contribution in [0.5, 0.6) is 0 Å². The Hall–Kier alpha value is -3.62. The highest BCUT2D eigenvalue weighted by Crippen LogP contribution is 2.40. The van der Waals surface area contributed by atoms with E-state index >= 15 is 0 Å². The van der Waals surface area contributed by atoms with Crippen LogP contribution in [-0.2, 0) is 23.9 Å². The summed E-state index contributed by atoms with van der Waals surface area (Å²) >= 11 is 0. The average molecular weight is 484 g/mol. The molecule has 0 bridgehead atoms. The lowest BCUT2D eigenvalue weighted by Crippen LogP contribution is -2.61. The van der Waals surface area contributed by atoms with Crippen LogP contribution in [0.3, 0.4) is 0 Å². The van der Waals surface area contributed by atoms with Crippen LogP contribution in [0.15, 0.2) is 67.0 Å². The molecule has 1 fully saturated rings. The number of anilines is 2. The monoisotopic (exact) mass is 484 g/mol. The molecule has 2 aromatic carbocycles. The van der Waals surface area contributed by atoms with Gasteiger partial charge in [-0.3, -0.25) is 9.78 Å². The molecule has 1 aromatic heterocycles. The fourth-order valence-corrected chi connectivity index (χ4v) is 5.05. The third-order valence-electron chi connectivity index (χ3n) is 6.76. The first-order chi connectivity index (χ1) is 16.8. The van der Waals surface area contributed by atoms with Gasteiger partial charge in [0.15, 0.2) is 0 Å². The highest BCUT2D eigenvalue weighted by atomic mass is 19.4. The Morgan fingerprint density at radius 1 is 1.06 bits per heavy atom. The van der Waals surface area contributed by atoms with E-state index in [0.717, 1.165) is 17.7 Å². The van der Waals surface area contributed by atoms with Crippen molar-refractivity contribution in [2.75, 3.05) is 29.4 Å². The molecule has 2 atom stereocenters. The van der Waals surface area contributed by atoms with Gasteiger partial charge >= 0.3 is 6.18 Å². The van der Waals surface area contributed by atoms with Gasteiger partial charge in [0.05, 0.1) is 23.2 Å². The summed E-state index contributed by atoms with van der Waals surface area (Å²) in [6, 6.07) is 13.5. The van der Waals surface area contributed by atoms with Crippen molar-refractivity contribution in [3.05, 3.63) is 89.5 Å². The molecule has 3 heterocycles. The maximum Gasteiger partial charge on any atom is 0.416 e. The zero-order valence-corrected chi connectivity index (χ0v) is 18.8. The van der Waals surface area contributed by atoms with Crippen LogP contribution < -0.4 is 15.1 Å². The summed E-state index contributed by atoms with van der Waals surface area (Å²) in [4.78, 5) is 21.3. The summed E-state index contributed by atoms with van der Waals surface area (Å²) in [6.45, 7) is 1.60. The van der Waals surface area contributed by atoms with Crippen LogP contribution in [-0.4, -0.2) is 36.6 Å². The van der Waals surface area contributed by atoms with Crippen LogP contribution >= 0.6 is 0 Å². The molecule has 0 unspecified atom stereocenters. The molecule has 1 N–H and O–H groups in total. The highest BCUT2D eigenvalue weighted by Gasteiger charge is 2.43. The molecule has 0 radical (unpaired) electrons. The Morgan fingerprint density at radius 2 is 1.89 bits per heavy atom. The van der Waals surface area contributed by atoms with Gasteiger partial charge in [-0.2, -0.15) is 13.2 Å². The van der Waals surface area contributed by atoms with Crippen LogP contribution in [0, 0.1) is 11.7 Å². The molecule has 35 heavy (non-hydrogen) atoms. The SMILES string of the molecule is O=C(NCc1cccnc1)[C@H]1Cc2cc(C(F)(F)F)ccc2N2CCN(c3ccccc3F)C[C@H]12. The zero-order chi connectivity index (χ0) is 24.6. The van der Waals surface area contributed by atoms with Crippen molar-refractivity contribution < 1.29 is 22.4 Å². The van der Waals surface area contributed by atoms with E-state index in [4.69, 9.17) is 0 Å². The number of aromatic nitrogens is 1. The summed E-state index contributed by atoms with van der Waals surface area (Å²) in [6.07, 6.45) is -1.00. The van der Waals surface area contributed by atoms with Crippen molar-refractivity contribution in [3.63, 3.8) is 0 Å². The normalized spacial score (nSPS) is 19.7. The molecule has 2 aliphatic rings. The number of nitrogens with zero attached hydrogens (tertiary/aromatic N) is 3. The summed E-state index contributed by atoms with van der Waals surface area (Å²) in [5, 5.41) is 2.92. The van der Waals surface area contributed by atoms with E-state index in [1.54, 1.807) is 36.7 Å². The Labute approximate surface area is 200 Å². The maximum absolute atomic E-state index is 14.5. The molecular weight excluding hydrogens is 460 g/mol. The molecule has 3 aromatic rings. The topological polar surface area (TPSA) is 48.5 Å². The molecule has 5 nitrogen and oxygen atoms in total.